The lowest BCUT2D eigenvalue weighted by Crippen LogP contribution is -2.41. The predicted octanol–water partition coefficient (Wildman–Crippen LogP) is 1.90. The van der Waals surface area contributed by atoms with Gasteiger partial charge in [-0.3, -0.25) is 4.79 Å². The van der Waals surface area contributed by atoms with Crippen LogP contribution < -0.4 is 0 Å². The van der Waals surface area contributed by atoms with Crippen LogP contribution in [0.25, 0.3) is 0 Å². The van der Waals surface area contributed by atoms with E-state index < -0.39 is 5.41 Å². The lowest BCUT2D eigenvalue weighted by atomic mass is 9.73. The zero-order chi connectivity index (χ0) is 12.7. The van der Waals surface area contributed by atoms with Gasteiger partial charge < -0.3 is 14.6 Å². The molecule has 0 aromatic carbocycles. The number of hydrogen-bond acceptors (Lipinski definition) is 4. The molecule has 1 rings (SSSR count). The van der Waals surface area contributed by atoms with Crippen molar-refractivity contribution in [1.29, 1.82) is 0 Å². The summed E-state index contributed by atoms with van der Waals surface area (Å²) in [5.74, 6) is -0.153. The topological polar surface area (TPSA) is 55.8 Å². The number of aliphatic hydroxyl groups is 1. The lowest BCUT2D eigenvalue weighted by Gasteiger charge is -2.36. The molecule has 1 fully saturated rings. The van der Waals surface area contributed by atoms with Crippen molar-refractivity contribution < 1.29 is 19.4 Å². The summed E-state index contributed by atoms with van der Waals surface area (Å²) in [6.07, 6.45) is 4.28. The maximum Gasteiger partial charge on any atom is 0.314 e. The van der Waals surface area contributed by atoms with Crippen LogP contribution in [0.5, 0.6) is 0 Å². The summed E-state index contributed by atoms with van der Waals surface area (Å²) in [5.41, 5.74) is -0.526. The number of rotatable bonds is 6. The van der Waals surface area contributed by atoms with Crippen molar-refractivity contribution in [1.82, 2.24) is 0 Å². The van der Waals surface area contributed by atoms with Gasteiger partial charge >= 0.3 is 5.97 Å². The third-order valence-electron chi connectivity index (χ3n) is 3.50. The van der Waals surface area contributed by atoms with Crippen LogP contribution in [0.3, 0.4) is 0 Å². The molecule has 0 heterocycles. The van der Waals surface area contributed by atoms with E-state index in [-0.39, 0.29) is 12.1 Å². The second kappa shape index (κ2) is 6.97. The number of carbonyl (C=O) groups is 1. The van der Waals surface area contributed by atoms with Crippen LogP contribution in [0.1, 0.15) is 45.4 Å². The van der Waals surface area contributed by atoms with Gasteiger partial charge in [0.1, 0.15) is 0 Å². The van der Waals surface area contributed by atoms with Crippen molar-refractivity contribution in [3.05, 3.63) is 0 Å². The van der Waals surface area contributed by atoms with Crippen molar-refractivity contribution in [2.75, 3.05) is 20.3 Å². The fraction of sp³-hybridized carbons (Fsp3) is 0.923. The molecule has 4 nitrogen and oxygen atoms in total. The lowest BCUT2D eigenvalue weighted by molar-refractivity contribution is -0.163. The number of esters is 1. The molecule has 0 saturated heterocycles. The molecule has 0 atom stereocenters. The molecular weight excluding hydrogens is 220 g/mol. The Morgan fingerprint density at radius 3 is 2.59 bits per heavy atom. The molecule has 1 aliphatic carbocycles. The molecular formula is C13H24O4. The Bertz CT molecular complexity index is 232. The first-order valence-electron chi connectivity index (χ1n) is 6.49. The molecule has 0 spiro atoms. The number of hydrogen-bond donors (Lipinski definition) is 1. The Morgan fingerprint density at radius 2 is 2.06 bits per heavy atom. The normalized spacial score (nSPS) is 29.0. The van der Waals surface area contributed by atoms with Crippen LogP contribution in [0.15, 0.2) is 0 Å². The van der Waals surface area contributed by atoms with Gasteiger partial charge in [-0.15, -0.1) is 0 Å². The average Bonchev–Trinajstić information content (AvgIpc) is 2.33. The highest BCUT2D eigenvalue weighted by Crippen LogP contribution is 2.37. The first-order chi connectivity index (χ1) is 8.14. The summed E-state index contributed by atoms with van der Waals surface area (Å²) in [6.45, 7) is 2.95. The standard InChI is InChI=1S/C13H24O4/c1-3-4-9-17-12(15)13(10-16-2)7-5-11(14)6-8-13/h11,14H,3-10H2,1-2H3. The Labute approximate surface area is 103 Å². The highest BCUT2D eigenvalue weighted by Gasteiger charge is 2.42. The molecule has 4 heteroatoms. The monoisotopic (exact) mass is 244 g/mol. The van der Waals surface area contributed by atoms with Crippen LogP contribution >= 0.6 is 0 Å². The van der Waals surface area contributed by atoms with Gasteiger partial charge in [0.2, 0.25) is 0 Å². The summed E-state index contributed by atoms with van der Waals surface area (Å²) in [6, 6.07) is 0. The van der Waals surface area contributed by atoms with Crippen LogP contribution in [0.2, 0.25) is 0 Å². The second-order valence-electron chi connectivity index (χ2n) is 4.93. The van der Waals surface area contributed by atoms with Gasteiger partial charge in [-0.1, -0.05) is 13.3 Å². The van der Waals surface area contributed by atoms with Gasteiger partial charge in [-0.2, -0.15) is 0 Å². The molecule has 0 amide bonds. The molecule has 17 heavy (non-hydrogen) atoms. The zero-order valence-electron chi connectivity index (χ0n) is 10.9. The van der Waals surface area contributed by atoms with Gasteiger partial charge in [0.15, 0.2) is 0 Å². The summed E-state index contributed by atoms with van der Waals surface area (Å²) >= 11 is 0. The minimum Gasteiger partial charge on any atom is -0.465 e. The molecule has 0 aromatic heterocycles. The molecule has 1 saturated carbocycles. The van der Waals surface area contributed by atoms with Crippen LogP contribution in [0, 0.1) is 5.41 Å². The molecule has 0 aromatic rings. The van der Waals surface area contributed by atoms with Crippen molar-refractivity contribution in [2.45, 2.75) is 51.6 Å². The van der Waals surface area contributed by atoms with E-state index >= 15 is 0 Å². The van der Waals surface area contributed by atoms with E-state index in [9.17, 15) is 9.90 Å². The fourth-order valence-corrected chi connectivity index (χ4v) is 2.30. The smallest absolute Gasteiger partial charge is 0.314 e. The Balaban J connectivity index is 2.54. The molecule has 1 N–H and O–H groups in total. The molecule has 0 unspecified atom stereocenters. The first kappa shape index (κ1) is 14.5. The molecule has 0 bridgehead atoms. The predicted molar refractivity (Wildman–Crippen MR) is 64.7 cm³/mol. The number of unbranched alkanes of at least 4 members (excludes halogenated alkanes) is 1. The minimum atomic E-state index is -0.526. The van der Waals surface area contributed by atoms with Crippen LogP contribution in [-0.2, 0) is 14.3 Å². The summed E-state index contributed by atoms with van der Waals surface area (Å²) in [7, 11) is 1.60. The molecule has 1 aliphatic rings. The summed E-state index contributed by atoms with van der Waals surface area (Å²) < 4.78 is 10.5. The van der Waals surface area contributed by atoms with Gasteiger partial charge in [0.25, 0.3) is 0 Å². The number of methoxy groups -OCH3 is 1. The zero-order valence-corrected chi connectivity index (χ0v) is 10.9. The van der Waals surface area contributed by atoms with Crippen LogP contribution in [0.4, 0.5) is 0 Å². The SMILES string of the molecule is CCCCOC(=O)C1(COC)CCC(O)CC1. The van der Waals surface area contributed by atoms with Crippen molar-refractivity contribution in [3.63, 3.8) is 0 Å². The Kier molecular flexibility index (Phi) is 5.92. The summed E-state index contributed by atoms with van der Waals surface area (Å²) in [5, 5.41) is 9.51. The van der Waals surface area contributed by atoms with Gasteiger partial charge in [-0.25, -0.2) is 0 Å². The van der Waals surface area contributed by atoms with Gasteiger partial charge in [-0.05, 0) is 32.1 Å². The first-order valence-corrected chi connectivity index (χ1v) is 6.49. The van der Waals surface area contributed by atoms with E-state index in [4.69, 9.17) is 9.47 Å². The molecule has 0 aliphatic heterocycles. The quantitative estimate of drug-likeness (QED) is 0.572. The molecule has 100 valence electrons. The molecule has 0 radical (unpaired) electrons. The largest absolute Gasteiger partial charge is 0.465 e. The van der Waals surface area contributed by atoms with Gasteiger partial charge in [0, 0.05) is 7.11 Å². The van der Waals surface area contributed by atoms with E-state index in [2.05, 4.69) is 6.92 Å². The third-order valence-corrected chi connectivity index (χ3v) is 3.50. The highest BCUT2D eigenvalue weighted by molar-refractivity contribution is 5.77. The third kappa shape index (κ3) is 3.96. The number of carbonyl (C=O) groups excluding carboxylic acids is 1. The van der Waals surface area contributed by atoms with Gasteiger partial charge in [0.05, 0.1) is 24.7 Å². The van der Waals surface area contributed by atoms with E-state index in [0.717, 1.165) is 12.8 Å². The van der Waals surface area contributed by atoms with Crippen LogP contribution in [-0.4, -0.2) is 37.5 Å². The average molecular weight is 244 g/mol. The fourth-order valence-electron chi connectivity index (χ4n) is 2.30. The van der Waals surface area contributed by atoms with E-state index in [1.807, 2.05) is 0 Å². The van der Waals surface area contributed by atoms with E-state index in [1.54, 1.807) is 7.11 Å². The second-order valence-corrected chi connectivity index (χ2v) is 4.93. The van der Waals surface area contributed by atoms with Crippen molar-refractivity contribution >= 4 is 5.97 Å². The summed E-state index contributed by atoms with van der Waals surface area (Å²) in [4.78, 5) is 12.1. The highest BCUT2D eigenvalue weighted by atomic mass is 16.5. The Hall–Kier alpha value is -0.610. The van der Waals surface area contributed by atoms with Crippen molar-refractivity contribution in [2.24, 2.45) is 5.41 Å². The van der Waals surface area contributed by atoms with E-state index in [0.29, 0.717) is 38.9 Å². The number of aliphatic hydroxyl groups excluding tert-OH is 1. The maximum atomic E-state index is 12.1. The van der Waals surface area contributed by atoms with E-state index in [1.165, 1.54) is 0 Å². The minimum absolute atomic E-state index is 0.153. The number of ether oxygens (including phenoxy) is 2. The van der Waals surface area contributed by atoms with Crippen molar-refractivity contribution in [3.8, 4) is 0 Å². The maximum absolute atomic E-state index is 12.1. The Morgan fingerprint density at radius 1 is 1.41 bits per heavy atom.